The Morgan fingerprint density at radius 3 is 2.52 bits per heavy atom. The summed E-state index contributed by atoms with van der Waals surface area (Å²) < 4.78 is 4.86. The molecule has 1 aliphatic heterocycles. The zero-order valence-electron chi connectivity index (χ0n) is 13.4. The van der Waals surface area contributed by atoms with Crippen LogP contribution in [0.15, 0.2) is 18.2 Å². The molecule has 126 valence electrons. The lowest BCUT2D eigenvalue weighted by Gasteiger charge is -2.37. The van der Waals surface area contributed by atoms with E-state index >= 15 is 0 Å². The van der Waals surface area contributed by atoms with Crippen molar-refractivity contribution in [3.05, 3.63) is 33.8 Å². The van der Waals surface area contributed by atoms with Crippen molar-refractivity contribution in [2.75, 3.05) is 20.2 Å². The zero-order valence-corrected chi connectivity index (χ0v) is 14.9. The van der Waals surface area contributed by atoms with Gasteiger partial charge < -0.3 is 4.74 Å². The van der Waals surface area contributed by atoms with Crippen molar-refractivity contribution >= 4 is 35.0 Å². The number of likely N-dealkylation sites (tertiary alicyclic amines) is 1. The summed E-state index contributed by atoms with van der Waals surface area (Å²) in [5.74, 6) is -0.633. The highest BCUT2D eigenvalue weighted by Gasteiger charge is 2.32. The predicted molar refractivity (Wildman–Crippen MR) is 90.8 cm³/mol. The molecule has 0 N–H and O–H groups in total. The first-order valence-corrected chi connectivity index (χ1v) is 8.50. The average molecular weight is 358 g/mol. The molecule has 1 aliphatic rings. The third kappa shape index (κ3) is 4.93. The van der Waals surface area contributed by atoms with Crippen molar-refractivity contribution in [1.29, 1.82) is 0 Å². The Balaban J connectivity index is 2.09. The topological polar surface area (TPSA) is 46.6 Å². The fraction of sp³-hybridized carbons (Fsp3) is 0.529. The number of hydrogen-bond acceptors (Lipinski definition) is 4. The molecule has 0 spiro atoms. The van der Waals surface area contributed by atoms with Crippen molar-refractivity contribution in [3.8, 4) is 0 Å². The second kappa shape index (κ2) is 8.13. The van der Waals surface area contributed by atoms with Crippen molar-refractivity contribution in [1.82, 2.24) is 4.90 Å². The van der Waals surface area contributed by atoms with E-state index in [1.165, 1.54) is 0 Å². The Labute approximate surface area is 146 Å². The normalized spacial score (nSPS) is 21.9. The highest BCUT2D eigenvalue weighted by molar-refractivity contribution is 6.34. The summed E-state index contributed by atoms with van der Waals surface area (Å²) in [5.41, 5.74) is 0.999. The molecule has 6 heteroatoms. The van der Waals surface area contributed by atoms with Gasteiger partial charge in [-0.25, -0.2) is 0 Å². The Morgan fingerprint density at radius 1 is 1.26 bits per heavy atom. The second-order valence-electron chi connectivity index (χ2n) is 5.87. The fourth-order valence-corrected chi connectivity index (χ4v) is 3.57. The van der Waals surface area contributed by atoms with Crippen LogP contribution in [0.5, 0.6) is 0 Å². The Bertz CT molecular complexity index is 571. The van der Waals surface area contributed by atoms with Crippen LogP contribution in [-0.4, -0.2) is 36.9 Å². The molecule has 1 fully saturated rings. The average Bonchev–Trinajstić information content (AvgIpc) is 2.46. The zero-order chi connectivity index (χ0) is 17.0. The number of ether oxygens (including phenoxy) is 1. The second-order valence-corrected chi connectivity index (χ2v) is 6.74. The maximum absolute atomic E-state index is 12.3. The summed E-state index contributed by atoms with van der Waals surface area (Å²) in [6, 6.07) is 5.52. The van der Waals surface area contributed by atoms with Gasteiger partial charge in [0.1, 0.15) is 12.2 Å². The Kier molecular flexibility index (Phi) is 6.45. The van der Waals surface area contributed by atoms with E-state index < -0.39 is 5.97 Å². The molecule has 4 nitrogen and oxygen atoms in total. The molecule has 1 aromatic carbocycles. The quantitative estimate of drug-likeness (QED) is 0.592. The van der Waals surface area contributed by atoms with Crippen LogP contribution in [0, 0.1) is 5.92 Å². The van der Waals surface area contributed by atoms with Gasteiger partial charge in [0.2, 0.25) is 0 Å². The van der Waals surface area contributed by atoms with E-state index in [2.05, 4.69) is 4.90 Å². The number of piperidine rings is 1. The molecular formula is C17H21Cl2NO3. The molecule has 23 heavy (non-hydrogen) atoms. The number of rotatable bonds is 5. The predicted octanol–water partition coefficient (Wildman–Crippen LogP) is 3.90. The summed E-state index contributed by atoms with van der Waals surface area (Å²) in [4.78, 5) is 26.0. The number of hydrogen-bond donors (Lipinski definition) is 0. The molecule has 0 saturated carbocycles. The monoisotopic (exact) mass is 357 g/mol. The van der Waals surface area contributed by atoms with E-state index in [0.717, 1.165) is 18.5 Å². The molecule has 0 radical (unpaired) electrons. The van der Waals surface area contributed by atoms with Crippen molar-refractivity contribution in [2.45, 2.75) is 32.2 Å². The Morgan fingerprint density at radius 2 is 1.91 bits per heavy atom. The van der Waals surface area contributed by atoms with Gasteiger partial charge in [0.15, 0.2) is 0 Å². The van der Waals surface area contributed by atoms with E-state index in [9.17, 15) is 9.59 Å². The van der Waals surface area contributed by atoms with Gasteiger partial charge >= 0.3 is 5.97 Å². The van der Waals surface area contributed by atoms with Gasteiger partial charge in [-0.15, -0.1) is 0 Å². The summed E-state index contributed by atoms with van der Waals surface area (Å²) in [6.45, 7) is 2.81. The largest absolute Gasteiger partial charge is 0.466 e. The van der Waals surface area contributed by atoms with E-state index in [1.807, 2.05) is 19.2 Å². The molecule has 0 amide bonds. The molecule has 1 heterocycles. The fourth-order valence-electron chi connectivity index (χ4n) is 3.03. The number of carbonyl (C=O) groups excluding carboxylic acids is 2. The van der Waals surface area contributed by atoms with Crippen LogP contribution in [0.25, 0.3) is 0 Å². The first kappa shape index (κ1) is 18.2. The number of Topliss-reactive ketones (excluding diaryl/α,β-unsaturated/α-hetero) is 1. The molecule has 0 aromatic heterocycles. The van der Waals surface area contributed by atoms with Crippen LogP contribution in [-0.2, 0) is 14.3 Å². The number of benzene rings is 1. The molecule has 1 aromatic rings. The van der Waals surface area contributed by atoms with Gasteiger partial charge in [0.25, 0.3) is 0 Å². The van der Waals surface area contributed by atoms with E-state index in [0.29, 0.717) is 23.1 Å². The van der Waals surface area contributed by atoms with Gasteiger partial charge in [-0.05, 0) is 57.1 Å². The molecule has 2 rings (SSSR count). The lowest BCUT2D eigenvalue weighted by atomic mass is 9.84. The van der Waals surface area contributed by atoms with Crippen LogP contribution in [0.4, 0.5) is 0 Å². The minimum Gasteiger partial charge on any atom is -0.466 e. The number of nitrogens with zero attached hydrogens (tertiary/aromatic N) is 1. The van der Waals surface area contributed by atoms with E-state index in [1.54, 1.807) is 13.0 Å². The van der Waals surface area contributed by atoms with Crippen LogP contribution >= 0.6 is 23.2 Å². The third-order valence-corrected chi connectivity index (χ3v) is 4.66. The SMILES string of the molecule is CCOC(=O)CC(=O)[C@@H]1CCN(C)[C@H](c2cc(Cl)cc(Cl)c2)C1. The molecular weight excluding hydrogens is 337 g/mol. The van der Waals surface area contributed by atoms with Crippen LogP contribution in [0.2, 0.25) is 10.0 Å². The first-order valence-electron chi connectivity index (χ1n) is 7.75. The molecule has 0 aliphatic carbocycles. The highest BCUT2D eigenvalue weighted by atomic mass is 35.5. The first-order chi connectivity index (χ1) is 10.9. The smallest absolute Gasteiger partial charge is 0.313 e. The Hall–Kier alpha value is -1.10. The summed E-state index contributed by atoms with van der Waals surface area (Å²) in [7, 11) is 2.02. The maximum atomic E-state index is 12.3. The summed E-state index contributed by atoms with van der Waals surface area (Å²) >= 11 is 12.2. The lowest BCUT2D eigenvalue weighted by molar-refractivity contribution is -0.146. The standard InChI is InChI=1S/C17H21Cl2NO3/c1-3-23-17(22)10-16(21)11-4-5-20(2)15(8-11)12-6-13(18)9-14(19)7-12/h6-7,9,11,15H,3-5,8,10H2,1-2H3/t11-,15+/m1/s1. The van der Waals surface area contributed by atoms with Gasteiger partial charge in [-0.2, -0.15) is 0 Å². The van der Waals surface area contributed by atoms with E-state index in [-0.39, 0.29) is 24.2 Å². The molecule has 2 atom stereocenters. The molecule has 0 unspecified atom stereocenters. The minimum absolute atomic E-state index is 0.0466. The third-order valence-electron chi connectivity index (χ3n) is 4.22. The van der Waals surface area contributed by atoms with Gasteiger partial charge in [-0.3, -0.25) is 14.5 Å². The van der Waals surface area contributed by atoms with Crippen LogP contribution in [0.1, 0.15) is 37.8 Å². The number of carbonyl (C=O) groups is 2. The van der Waals surface area contributed by atoms with Crippen LogP contribution in [0.3, 0.4) is 0 Å². The molecule has 1 saturated heterocycles. The molecule has 0 bridgehead atoms. The number of halogens is 2. The van der Waals surface area contributed by atoms with Crippen molar-refractivity contribution in [3.63, 3.8) is 0 Å². The van der Waals surface area contributed by atoms with Gasteiger partial charge in [-0.1, -0.05) is 23.2 Å². The number of esters is 1. The lowest BCUT2D eigenvalue weighted by Crippen LogP contribution is -2.37. The van der Waals surface area contributed by atoms with Crippen molar-refractivity contribution < 1.29 is 14.3 Å². The number of ketones is 1. The van der Waals surface area contributed by atoms with Crippen LogP contribution < -0.4 is 0 Å². The van der Waals surface area contributed by atoms with Gasteiger partial charge in [0, 0.05) is 22.0 Å². The highest BCUT2D eigenvalue weighted by Crippen LogP contribution is 2.36. The summed E-state index contributed by atoms with van der Waals surface area (Å²) in [5, 5.41) is 1.17. The van der Waals surface area contributed by atoms with E-state index in [4.69, 9.17) is 27.9 Å². The van der Waals surface area contributed by atoms with Crippen molar-refractivity contribution in [2.24, 2.45) is 5.92 Å². The van der Waals surface area contributed by atoms with Gasteiger partial charge in [0.05, 0.1) is 6.61 Å². The minimum atomic E-state index is -0.446. The maximum Gasteiger partial charge on any atom is 0.313 e. The summed E-state index contributed by atoms with van der Waals surface area (Å²) in [6.07, 6.45) is 1.26.